The Morgan fingerprint density at radius 3 is 2.44 bits per heavy atom. The van der Waals surface area contributed by atoms with Gasteiger partial charge in [0, 0.05) is 12.6 Å². The van der Waals surface area contributed by atoms with Crippen molar-refractivity contribution in [3.63, 3.8) is 0 Å². The minimum absolute atomic E-state index is 0.113. The first kappa shape index (κ1) is 13.5. The van der Waals surface area contributed by atoms with Gasteiger partial charge in [0.05, 0.1) is 19.3 Å². The van der Waals surface area contributed by atoms with Crippen molar-refractivity contribution in [2.45, 2.75) is 39.0 Å². The Kier molecular flexibility index (Phi) is 4.75. The molecule has 18 heavy (non-hydrogen) atoms. The van der Waals surface area contributed by atoms with Gasteiger partial charge in [0.25, 0.3) is 0 Å². The summed E-state index contributed by atoms with van der Waals surface area (Å²) < 4.78 is 11.2. The fourth-order valence-electron chi connectivity index (χ4n) is 1.89. The fraction of sp³-hybridized carbons (Fsp3) is 0.600. The van der Waals surface area contributed by atoms with Crippen LogP contribution in [-0.4, -0.2) is 31.9 Å². The predicted molar refractivity (Wildman–Crippen MR) is 72.8 cm³/mol. The average molecular weight is 249 g/mol. The monoisotopic (exact) mass is 249 g/mol. The van der Waals surface area contributed by atoms with E-state index in [1.807, 2.05) is 0 Å². The second-order valence-corrected chi connectivity index (χ2v) is 5.26. The second-order valence-electron chi connectivity index (χ2n) is 5.26. The van der Waals surface area contributed by atoms with Crippen molar-refractivity contribution >= 4 is 0 Å². The van der Waals surface area contributed by atoms with Crippen LogP contribution in [0.1, 0.15) is 31.1 Å². The van der Waals surface area contributed by atoms with Gasteiger partial charge in [-0.2, -0.15) is 0 Å². The van der Waals surface area contributed by atoms with Crippen molar-refractivity contribution in [1.29, 1.82) is 0 Å². The van der Waals surface area contributed by atoms with E-state index in [4.69, 9.17) is 9.47 Å². The van der Waals surface area contributed by atoms with Crippen LogP contribution in [0.4, 0.5) is 0 Å². The summed E-state index contributed by atoms with van der Waals surface area (Å²) in [6.45, 7) is 8.70. The van der Waals surface area contributed by atoms with E-state index in [1.54, 1.807) is 0 Å². The van der Waals surface area contributed by atoms with Crippen LogP contribution in [0.3, 0.4) is 0 Å². The maximum absolute atomic E-state index is 6.08. The quantitative estimate of drug-likeness (QED) is 0.840. The molecule has 1 fully saturated rings. The molecule has 1 atom stereocenters. The summed E-state index contributed by atoms with van der Waals surface area (Å²) >= 11 is 0. The van der Waals surface area contributed by atoms with Gasteiger partial charge in [-0.3, -0.25) is 0 Å². The van der Waals surface area contributed by atoms with Crippen LogP contribution < -0.4 is 5.32 Å². The van der Waals surface area contributed by atoms with Gasteiger partial charge in [-0.25, -0.2) is 0 Å². The highest BCUT2D eigenvalue weighted by Gasteiger charge is 2.24. The Morgan fingerprint density at radius 1 is 1.28 bits per heavy atom. The van der Waals surface area contributed by atoms with Crippen molar-refractivity contribution < 1.29 is 9.47 Å². The summed E-state index contributed by atoms with van der Waals surface area (Å²) in [7, 11) is 0. The molecule has 0 spiro atoms. The van der Waals surface area contributed by atoms with E-state index in [-0.39, 0.29) is 12.2 Å². The molecule has 0 amide bonds. The Morgan fingerprint density at radius 2 is 1.94 bits per heavy atom. The van der Waals surface area contributed by atoms with Crippen LogP contribution in [0.25, 0.3) is 0 Å². The largest absolute Gasteiger partial charge is 0.376 e. The van der Waals surface area contributed by atoms with E-state index >= 15 is 0 Å². The van der Waals surface area contributed by atoms with Crippen LogP contribution >= 0.6 is 0 Å². The van der Waals surface area contributed by atoms with Gasteiger partial charge < -0.3 is 14.8 Å². The number of ether oxygens (including phenoxy) is 2. The summed E-state index contributed by atoms with van der Waals surface area (Å²) in [5.41, 5.74) is 2.52. The van der Waals surface area contributed by atoms with Crippen LogP contribution in [0, 0.1) is 6.92 Å². The third kappa shape index (κ3) is 3.80. The SMILES string of the molecule is Cc1ccc(C(CNC(C)C)OC2COC2)cc1. The second kappa shape index (κ2) is 6.32. The van der Waals surface area contributed by atoms with Crippen molar-refractivity contribution in [1.82, 2.24) is 5.32 Å². The molecule has 2 rings (SSSR count). The lowest BCUT2D eigenvalue weighted by Gasteiger charge is -2.31. The van der Waals surface area contributed by atoms with Crippen LogP contribution in [-0.2, 0) is 9.47 Å². The summed E-state index contributed by atoms with van der Waals surface area (Å²) in [6, 6.07) is 9.05. The van der Waals surface area contributed by atoms with Crippen molar-refractivity contribution in [3.8, 4) is 0 Å². The maximum Gasteiger partial charge on any atom is 0.105 e. The smallest absolute Gasteiger partial charge is 0.105 e. The zero-order valence-electron chi connectivity index (χ0n) is 11.5. The van der Waals surface area contributed by atoms with E-state index in [1.165, 1.54) is 11.1 Å². The summed E-state index contributed by atoms with van der Waals surface area (Å²) in [5, 5.41) is 3.45. The fourth-order valence-corrected chi connectivity index (χ4v) is 1.89. The van der Waals surface area contributed by atoms with Gasteiger partial charge in [-0.05, 0) is 12.5 Å². The molecule has 1 heterocycles. The minimum atomic E-state index is 0.113. The molecule has 0 saturated carbocycles. The number of nitrogens with one attached hydrogen (secondary N) is 1. The molecule has 3 heteroatoms. The third-order valence-electron chi connectivity index (χ3n) is 3.12. The molecule has 0 aromatic heterocycles. The molecule has 0 aliphatic carbocycles. The lowest BCUT2D eigenvalue weighted by atomic mass is 10.1. The van der Waals surface area contributed by atoms with Crippen LogP contribution in [0.5, 0.6) is 0 Å². The van der Waals surface area contributed by atoms with E-state index in [2.05, 4.69) is 50.4 Å². The van der Waals surface area contributed by atoms with E-state index < -0.39 is 0 Å². The average Bonchev–Trinajstić information content (AvgIpc) is 2.28. The number of hydrogen-bond acceptors (Lipinski definition) is 3. The normalized spacial score (nSPS) is 17.8. The predicted octanol–water partition coefficient (Wildman–Crippen LogP) is 2.45. The van der Waals surface area contributed by atoms with Gasteiger partial charge >= 0.3 is 0 Å². The molecule has 1 aliphatic rings. The Balaban J connectivity index is 1.99. The molecule has 1 saturated heterocycles. The zero-order chi connectivity index (χ0) is 13.0. The molecule has 1 aliphatic heterocycles. The molecule has 0 bridgehead atoms. The van der Waals surface area contributed by atoms with E-state index in [9.17, 15) is 0 Å². The molecular formula is C15H23NO2. The van der Waals surface area contributed by atoms with Gasteiger partial charge in [0.1, 0.15) is 6.10 Å². The Bertz CT molecular complexity index is 357. The van der Waals surface area contributed by atoms with Gasteiger partial charge in [0.15, 0.2) is 0 Å². The van der Waals surface area contributed by atoms with Gasteiger partial charge in [-0.1, -0.05) is 43.7 Å². The highest BCUT2D eigenvalue weighted by molar-refractivity contribution is 5.23. The number of hydrogen-bond donors (Lipinski definition) is 1. The van der Waals surface area contributed by atoms with Crippen LogP contribution in [0.2, 0.25) is 0 Å². The van der Waals surface area contributed by atoms with Crippen molar-refractivity contribution in [2.75, 3.05) is 19.8 Å². The first-order chi connectivity index (χ1) is 8.65. The first-order valence-electron chi connectivity index (χ1n) is 6.68. The summed E-state index contributed by atoms with van der Waals surface area (Å²) in [4.78, 5) is 0. The molecular weight excluding hydrogens is 226 g/mol. The topological polar surface area (TPSA) is 30.5 Å². The van der Waals surface area contributed by atoms with Crippen LogP contribution in [0.15, 0.2) is 24.3 Å². The maximum atomic E-state index is 6.08. The summed E-state index contributed by atoms with van der Waals surface area (Å²) in [5.74, 6) is 0. The molecule has 1 N–H and O–H groups in total. The minimum Gasteiger partial charge on any atom is -0.376 e. The standard InChI is InChI=1S/C15H23NO2/c1-11(2)16-8-15(18-14-9-17-10-14)13-6-4-12(3)5-7-13/h4-7,11,14-16H,8-10H2,1-3H3. The highest BCUT2D eigenvalue weighted by atomic mass is 16.6. The van der Waals surface area contributed by atoms with Gasteiger partial charge in [-0.15, -0.1) is 0 Å². The van der Waals surface area contributed by atoms with Crippen molar-refractivity contribution in [3.05, 3.63) is 35.4 Å². The van der Waals surface area contributed by atoms with E-state index in [0.717, 1.165) is 19.8 Å². The number of benzene rings is 1. The lowest BCUT2D eigenvalue weighted by Crippen LogP contribution is -2.39. The Labute approximate surface area is 109 Å². The van der Waals surface area contributed by atoms with E-state index in [0.29, 0.717) is 6.04 Å². The number of aryl methyl sites for hydroxylation is 1. The highest BCUT2D eigenvalue weighted by Crippen LogP contribution is 2.22. The molecule has 1 unspecified atom stereocenters. The Hall–Kier alpha value is -0.900. The summed E-state index contributed by atoms with van der Waals surface area (Å²) in [6.07, 6.45) is 0.368. The van der Waals surface area contributed by atoms with Gasteiger partial charge in [0.2, 0.25) is 0 Å². The molecule has 1 aromatic carbocycles. The molecule has 3 nitrogen and oxygen atoms in total. The van der Waals surface area contributed by atoms with Crippen molar-refractivity contribution in [2.24, 2.45) is 0 Å². The molecule has 1 aromatic rings. The molecule has 0 radical (unpaired) electrons. The zero-order valence-corrected chi connectivity index (χ0v) is 11.5. The number of rotatable bonds is 6. The lowest BCUT2D eigenvalue weighted by molar-refractivity contribution is -0.155. The third-order valence-corrected chi connectivity index (χ3v) is 3.12. The molecule has 100 valence electrons. The first-order valence-corrected chi connectivity index (χ1v) is 6.68.